The Bertz CT molecular complexity index is 1290. The number of anilines is 1. The highest BCUT2D eigenvalue weighted by atomic mass is 16.5. The van der Waals surface area contributed by atoms with Gasteiger partial charge in [-0.1, -0.05) is 50.2 Å². The highest BCUT2D eigenvalue weighted by Crippen LogP contribution is 2.52. The number of methoxy groups -OCH3 is 1. The molecule has 0 spiro atoms. The highest BCUT2D eigenvalue weighted by molar-refractivity contribution is 6.12. The molecule has 0 radical (unpaired) electrons. The number of allylic oxidation sites excluding steroid dienone is 1. The maximum Gasteiger partial charge on any atom is 0.162 e. The summed E-state index contributed by atoms with van der Waals surface area (Å²) in [5.74, 6) is 1.61. The number of rotatable bonds is 4. The van der Waals surface area contributed by atoms with Crippen molar-refractivity contribution in [2.45, 2.75) is 52.7 Å². The molecular weight excluding hydrogens is 410 g/mol. The largest absolute Gasteiger partial charge is 0.493 e. The number of hydrogen-bond acceptors (Lipinski definition) is 4. The van der Waals surface area contributed by atoms with E-state index in [1.54, 1.807) is 7.11 Å². The van der Waals surface area contributed by atoms with Crippen LogP contribution in [0, 0.1) is 5.41 Å². The summed E-state index contributed by atoms with van der Waals surface area (Å²) in [4.78, 5) is 13.6. The molecule has 1 heterocycles. The van der Waals surface area contributed by atoms with E-state index in [-0.39, 0.29) is 23.3 Å². The number of carbonyl (C=O) groups excluding carboxylic acids is 1. The van der Waals surface area contributed by atoms with Crippen LogP contribution in [0.4, 0.5) is 5.69 Å². The van der Waals surface area contributed by atoms with Crippen LogP contribution in [0.1, 0.15) is 57.7 Å². The Kier molecular flexibility index (Phi) is 5.19. The molecule has 1 aliphatic heterocycles. The van der Waals surface area contributed by atoms with Gasteiger partial charge in [0.05, 0.1) is 19.3 Å². The van der Waals surface area contributed by atoms with Crippen LogP contribution in [0.15, 0.2) is 60.2 Å². The Balaban J connectivity index is 1.71. The van der Waals surface area contributed by atoms with Gasteiger partial charge in [0, 0.05) is 23.2 Å². The predicted molar refractivity (Wildman–Crippen MR) is 134 cm³/mol. The maximum absolute atomic E-state index is 13.6. The molecule has 170 valence electrons. The number of nitrogens with one attached hydrogen (secondary N) is 1. The van der Waals surface area contributed by atoms with Gasteiger partial charge < -0.3 is 14.8 Å². The second-order valence-corrected chi connectivity index (χ2v) is 10.2. The molecule has 1 atom stereocenters. The van der Waals surface area contributed by atoms with Crippen molar-refractivity contribution >= 4 is 27.8 Å². The first-order chi connectivity index (χ1) is 15.8. The smallest absolute Gasteiger partial charge is 0.162 e. The Morgan fingerprint density at radius 1 is 1.00 bits per heavy atom. The Hall–Kier alpha value is -3.27. The molecule has 1 aliphatic carbocycles. The first kappa shape index (κ1) is 21.6. The minimum absolute atomic E-state index is 0.0502. The van der Waals surface area contributed by atoms with Gasteiger partial charge in [-0.15, -0.1) is 0 Å². The molecule has 1 unspecified atom stereocenters. The summed E-state index contributed by atoms with van der Waals surface area (Å²) in [7, 11) is 1.65. The van der Waals surface area contributed by atoms with Crippen molar-refractivity contribution in [1.29, 1.82) is 0 Å². The van der Waals surface area contributed by atoms with E-state index >= 15 is 0 Å². The first-order valence-corrected chi connectivity index (χ1v) is 11.7. The fraction of sp³-hybridized carbons (Fsp3) is 0.345. The van der Waals surface area contributed by atoms with Gasteiger partial charge in [0.25, 0.3) is 0 Å². The van der Waals surface area contributed by atoms with Crippen LogP contribution >= 0.6 is 0 Å². The van der Waals surface area contributed by atoms with Gasteiger partial charge in [-0.25, -0.2) is 0 Å². The number of ketones is 1. The van der Waals surface area contributed by atoms with Gasteiger partial charge in [0.15, 0.2) is 17.3 Å². The van der Waals surface area contributed by atoms with Gasteiger partial charge in [-0.3, -0.25) is 4.79 Å². The fourth-order valence-corrected chi connectivity index (χ4v) is 5.30. The monoisotopic (exact) mass is 441 g/mol. The number of carbonyl (C=O) groups is 1. The summed E-state index contributed by atoms with van der Waals surface area (Å²) in [6.45, 7) is 8.38. The second kappa shape index (κ2) is 7.95. The van der Waals surface area contributed by atoms with Gasteiger partial charge >= 0.3 is 0 Å². The van der Waals surface area contributed by atoms with Crippen molar-refractivity contribution in [2.24, 2.45) is 5.41 Å². The van der Waals surface area contributed by atoms with Gasteiger partial charge in [0.2, 0.25) is 0 Å². The van der Waals surface area contributed by atoms with Crippen LogP contribution in [0.2, 0.25) is 0 Å². The number of Topliss-reactive ketones (excluding diaryl/α,β-unsaturated/α-hetero) is 1. The van der Waals surface area contributed by atoms with Crippen LogP contribution in [0.25, 0.3) is 16.3 Å². The van der Waals surface area contributed by atoms with E-state index in [0.29, 0.717) is 17.9 Å². The maximum atomic E-state index is 13.6. The zero-order valence-electron chi connectivity index (χ0n) is 20.0. The van der Waals surface area contributed by atoms with E-state index in [0.717, 1.165) is 23.2 Å². The molecule has 3 aromatic rings. The average molecular weight is 442 g/mol. The summed E-state index contributed by atoms with van der Waals surface area (Å²) < 4.78 is 11.6. The summed E-state index contributed by atoms with van der Waals surface area (Å²) in [5, 5.41) is 6.08. The number of benzene rings is 3. The van der Waals surface area contributed by atoms with E-state index < -0.39 is 0 Å². The molecule has 0 saturated heterocycles. The average Bonchev–Trinajstić information content (AvgIpc) is 2.77. The van der Waals surface area contributed by atoms with Crippen molar-refractivity contribution in [2.75, 3.05) is 12.4 Å². The quantitative estimate of drug-likeness (QED) is 0.476. The normalized spacial score (nSPS) is 19.2. The topological polar surface area (TPSA) is 47.6 Å². The van der Waals surface area contributed by atoms with Crippen molar-refractivity contribution in [3.63, 3.8) is 0 Å². The molecule has 33 heavy (non-hydrogen) atoms. The molecule has 0 saturated carbocycles. The molecule has 4 nitrogen and oxygen atoms in total. The minimum atomic E-state index is -0.223. The lowest BCUT2D eigenvalue weighted by molar-refractivity contribution is -0.118. The first-order valence-electron chi connectivity index (χ1n) is 11.7. The SMILES string of the molecule is COc1cc(C2Nc3ccc4ccccc4c3C3=C2C(=O)CC(C)(C)C3)ccc1OC(C)C. The molecule has 5 rings (SSSR count). The molecule has 1 N–H and O–H groups in total. The second-order valence-electron chi connectivity index (χ2n) is 10.2. The van der Waals surface area contributed by atoms with E-state index in [1.807, 2.05) is 32.0 Å². The third-order valence-corrected chi connectivity index (χ3v) is 6.62. The summed E-state index contributed by atoms with van der Waals surface area (Å²) >= 11 is 0. The van der Waals surface area contributed by atoms with E-state index in [1.165, 1.54) is 21.9 Å². The van der Waals surface area contributed by atoms with Crippen LogP contribution < -0.4 is 14.8 Å². The zero-order chi connectivity index (χ0) is 23.3. The van der Waals surface area contributed by atoms with Crippen LogP contribution in [-0.4, -0.2) is 19.0 Å². The van der Waals surface area contributed by atoms with Gasteiger partial charge in [0.1, 0.15) is 0 Å². The van der Waals surface area contributed by atoms with Crippen molar-refractivity contribution in [1.82, 2.24) is 0 Å². The number of ether oxygens (including phenoxy) is 2. The Labute approximate surface area is 195 Å². The van der Waals surface area contributed by atoms with Crippen LogP contribution in [0.3, 0.4) is 0 Å². The number of hydrogen-bond donors (Lipinski definition) is 1. The van der Waals surface area contributed by atoms with Crippen molar-refractivity contribution < 1.29 is 14.3 Å². The third-order valence-electron chi connectivity index (χ3n) is 6.62. The molecule has 0 fully saturated rings. The van der Waals surface area contributed by atoms with Gasteiger partial charge in [-0.05, 0) is 65.8 Å². The van der Waals surface area contributed by atoms with E-state index in [2.05, 4.69) is 55.6 Å². The lowest BCUT2D eigenvalue weighted by atomic mass is 9.68. The van der Waals surface area contributed by atoms with Crippen molar-refractivity contribution in [3.8, 4) is 11.5 Å². The molecule has 3 aromatic carbocycles. The molecule has 0 amide bonds. The molecule has 0 bridgehead atoms. The van der Waals surface area contributed by atoms with Crippen LogP contribution in [-0.2, 0) is 4.79 Å². The summed E-state index contributed by atoms with van der Waals surface area (Å²) in [6.07, 6.45) is 1.48. The summed E-state index contributed by atoms with van der Waals surface area (Å²) in [6, 6.07) is 18.5. The highest BCUT2D eigenvalue weighted by Gasteiger charge is 2.41. The Morgan fingerprint density at radius 2 is 1.79 bits per heavy atom. The predicted octanol–water partition coefficient (Wildman–Crippen LogP) is 6.95. The molecule has 4 heteroatoms. The molecule has 2 aliphatic rings. The lowest BCUT2D eigenvalue weighted by Gasteiger charge is -2.40. The number of fused-ring (bicyclic) bond motifs is 4. The standard InChI is InChI=1S/C29H31NO3/c1-17(2)33-24-13-11-19(14-25(24)32-5)28-27-21(15-29(3,4)16-23(27)31)26-20-9-7-6-8-18(20)10-12-22(26)30-28/h6-14,17,28,30H,15-16H2,1-5H3. The minimum Gasteiger partial charge on any atom is -0.493 e. The fourth-order valence-electron chi connectivity index (χ4n) is 5.30. The zero-order valence-corrected chi connectivity index (χ0v) is 20.0. The molecular formula is C29H31NO3. The van der Waals surface area contributed by atoms with E-state index in [9.17, 15) is 4.79 Å². The Morgan fingerprint density at radius 3 is 2.55 bits per heavy atom. The lowest BCUT2D eigenvalue weighted by Crippen LogP contribution is -2.33. The van der Waals surface area contributed by atoms with Gasteiger partial charge in [-0.2, -0.15) is 0 Å². The van der Waals surface area contributed by atoms with E-state index in [4.69, 9.17) is 9.47 Å². The molecule has 0 aromatic heterocycles. The van der Waals surface area contributed by atoms with Crippen LogP contribution in [0.5, 0.6) is 11.5 Å². The van der Waals surface area contributed by atoms with Crippen molar-refractivity contribution in [3.05, 3.63) is 71.3 Å². The third kappa shape index (κ3) is 3.78. The summed E-state index contributed by atoms with van der Waals surface area (Å²) in [5.41, 5.74) is 5.24.